The van der Waals surface area contributed by atoms with Gasteiger partial charge in [0.2, 0.25) is 0 Å². The van der Waals surface area contributed by atoms with E-state index in [1.807, 2.05) is 6.20 Å². The predicted octanol–water partition coefficient (Wildman–Crippen LogP) is 2.77. The van der Waals surface area contributed by atoms with Gasteiger partial charge >= 0.3 is 0 Å². The van der Waals surface area contributed by atoms with Gasteiger partial charge in [-0.15, -0.1) is 5.10 Å². The molecule has 1 saturated carbocycles. The fourth-order valence-corrected chi connectivity index (χ4v) is 2.83. The van der Waals surface area contributed by atoms with E-state index in [9.17, 15) is 0 Å². The zero-order chi connectivity index (χ0) is 9.97. The van der Waals surface area contributed by atoms with Crippen LogP contribution in [0.1, 0.15) is 33.1 Å². The second-order valence-corrected chi connectivity index (χ2v) is 5.12. The van der Waals surface area contributed by atoms with Gasteiger partial charge in [0.15, 0.2) is 0 Å². The number of anilines is 1. The fourth-order valence-electron chi connectivity index (χ4n) is 2.36. The quantitative estimate of drug-likeness (QED) is 0.817. The molecular formula is C10H17N3S. The summed E-state index contributed by atoms with van der Waals surface area (Å²) >= 11 is 1.45. The largest absolute Gasteiger partial charge is 0.371 e. The van der Waals surface area contributed by atoms with Crippen LogP contribution in [0, 0.1) is 11.8 Å². The van der Waals surface area contributed by atoms with E-state index in [1.54, 1.807) is 0 Å². The normalized spacial score (nSPS) is 32.9. The van der Waals surface area contributed by atoms with Crippen molar-refractivity contribution in [3.05, 3.63) is 6.20 Å². The number of aromatic nitrogens is 2. The molecule has 1 aromatic rings. The lowest BCUT2D eigenvalue weighted by atomic mass is 9.79. The maximum Gasteiger partial charge on any atom is 0.130 e. The van der Waals surface area contributed by atoms with Crippen LogP contribution >= 0.6 is 11.5 Å². The van der Waals surface area contributed by atoms with E-state index in [0.29, 0.717) is 6.04 Å². The Kier molecular flexibility index (Phi) is 3.01. The molecule has 0 radical (unpaired) electrons. The fraction of sp³-hybridized carbons (Fsp3) is 0.800. The van der Waals surface area contributed by atoms with E-state index in [4.69, 9.17) is 0 Å². The molecule has 0 saturated heterocycles. The molecule has 2 atom stereocenters. The Morgan fingerprint density at radius 3 is 2.64 bits per heavy atom. The van der Waals surface area contributed by atoms with Crippen LogP contribution in [0.5, 0.6) is 0 Å². The van der Waals surface area contributed by atoms with Gasteiger partial charge in [-0.1, -0.05) is 24.8 Å². The van der Waals surface area contributed by atoms with Crippen LogP contribution in [0.4, 0.5) is 5.00 Å². The standard InChI is InChI=1S/C10H17N3S/c1-7-4-3-5-8(2)10(7)12-9-6-11-13-14-9/h6-8,10,12H,3-5H2,1-2H3. The Balaban J connectivity index is 2.01. The van der Waals surface area contributed by atoms with E-state index in [-0.39, 0.29) is 0 Å². The molecule has 1 aromatic heterocycles. The van der Waals surface area contributed by atoms with E-state index >= 15 is 0 Å². The molecule has 1 aliphatic carbocycles. The molecule has 4 heteroatoms. The highest BCUT2D eigenvalue weighted by atomic mass is 32.1. The van der Waals surface area contributed by atoms with Gasteiger partial charge < -0.3 is 5.32 Å². The molecule has 0 aliphatic heterocycles. The van der Waals surface area contributed by atoms with Crippen LogP contribution < -0.4 is 5.32 Å². The van der Waals surface area contributed by atoms with Gasteiger partial charge in [0.25, 0.3) is 0 Å². The molecule has 0 bridgehead atoms. The highest BCUT2D eigenvalue weighted by molar-refractivity contribution is 7.09. The average Bonchev–Trinajstić information content (AvgIpc) is 2.64. The maximum atomic E-state index is 3.87. The van der Waals surface area contributed by atoms with E-state index in [1.165, 1.54) is 30.8 Å². The van der Waals surface area contributed by atoms with Crippen molar-refractivity contribution in [2.75, 3.05) is 5.32 Å². The number of nitrogens with one attached hydrogen (secondary N) is 1. The van der Waals surface area contributed by atoms with Crippen molar-refractivity contribution in [2.45, 2.75) is 39.2 Å². The van der Waals surface area contributed by atoms with Crippen molar-refractivity contribution < 1.29 is 0 Å². The van der Waals surface area contributed by atoms with Crippen LogP contribution in [0.3, 0.4) is 0 Å². The zero-order valence-electron chi connectivity index (χ0n) is 8.73. The van der Waals surface area contributed by atoms with Gasteiger partial charge in [0.05, 0.1) is 6.20 Å². The molecule has 78 valence electrons. The molecule has 1 heterocycles. The van der Waals surface area contributed by atoms with E-state index in [0.717, 1.165) is 16.8 Å². The number of hydrogen-bond acceptors (Lipinski definition) is 4. The average molecular weight is 211 g/mol. The van der Waals surface area contributed by atoms with Crippen molar-refractivity contribution in [1.82, 2.24) is 9.59 Å². The van der Waals surface area contributed by atoms with Crippen LogP contribution in [-0.2, 0) is 0 Å². The lowest BCUT2D eigenvalue weighted by Gasteiger charge is -2.35. The van der Waals surface area contributed by atoms with Gasteiger partial charge in [-0.3, -0.25) is 0 Å². The van der Waals surface area contributed by atoms with Crippen LogP contribution in [0.25, 0.3) is 0 Å². The summed E-state index contributed by atoms with van der Waals surface area (Å²) in [6, 6.07) is 0.603. The summed E-state index contributed by atoms with van der Waals surface area (Å²) in [4.78, 5) is 0. The minimum Gasteiger partial charge on any atom is -0.371 e. The van der Waals surface area contributed by atoms with Gasteiger partial charge in [0.1, 0.15) is 5.00 Å². The van der Waals surface area contributed by atoms with Crippen molar-refractivity contribution in [1.29, 1.82) is 0 Å². The molecule has 14 heavy (non-hydrogen) atoms. The van der Waals surface area contributed by atoms with E-state index in [2.05, 4.69) is 28.8 Å². The molecule has 0 amide bonds. The zero-order valence-corrected chi connectivity index (χ0v) is 9.55. The molecular weight excluding hydrogens is 194 g/mol. The molecule has 3 nitrogen and oxygen atoms in total. The molecule has 1 aliphatic rings. The second-order valence-electron chi connectivity index (χ2n) is 4.34. The molecule has 0 aromatic carbocycles. The monoisotopic (exact) mass is 211 g/mol. The van der Waals surface area contributed by atoms with Crippen LogP contribution in [0.2, 0.25) is 0 Å². The molecule has 1 fully saturated rings. The molecule has 2 rings (SSSR count). The lowest BCUT2D eigenvalue weighted by Crippen LogP contribution is -2.36. The van der Waals surface area contributed by atoms with Gasteiger partial charge in [-0.2, -0.15) is 0 Å². The maximum absolute atomic E-state index is 3.87. The third-order valence-electron chi connectivity index (χ3n) is 3.22. The first-order chi connectivity index (χ1) is 6.77. The number of hydrogen-bond donors (Lipinski definition) is 1. The number of nitrogens with zero attached hydrogens (tertiary/aromatic N) is 2. The Bertz CT molecular complexity index is 263. The lowest BCUT2D eigenvalue weighted by molar-refractivity contribution is 0.268. The van der Waals surface area contributed by atoms with Crippen LogP contribution in [0.15, 0.2) is 6.20 Å². The highest BCUT2D eigenvalue weighted by Crippen LogP contribution is 2.31. The summed E-state index contributed by atoms with van der Waals surface area (Å²) in [5.41, 5.74) is 0. The summed E-state index contributed by atoms with van der Waals surface area (Å²) < 4.78 is 3.87. The minimum absolute atomic E-state index is 0.603. The van der Waals surface area contributed by atoms with Crippen molar-refractivity contribution in [3.63, 3.8) is 0 Å². The Hall–Kier alpha value is -0.640. The molecule has 2 unspecified atom stereocenters. The molecule has 0 spiro atoms. The van der Waals surface area contributed by atoms with Gasteiger partial charge in [-0.25, -0.2) is 0 Å². The topological polar surface area (TPSA) is 37.8 Å². The first-order valence-corrected chi connectivity index (χ1v) is 6.08. The first kappa shape index (κ1) is 9.90. The highest BCUT2D eigenvalue weighted by Gasteiger charge is 2.27. The predicted molar refractivity (Wildman–Crippen MR) is 59.5 cm³/mol. The van der Waals surface area contributed by atoms with Crippen molar-refractivity contribution in [2.24, 2.45) is 11.8 Å². The summed E-state index contributed by atoms with van der Waals surface area (Å²) in [5, 5.41) is 8.50. The van der Waals surface area contributed by atoms with Crippen LogP contribution in [-0.4, -0.2) is 15.6 Å². The Morgan fingerprint density at radius 1 is 1.36 bits per heavy atom. The van der Waals surface area contributed by atoms with Crippen molar-refractivity contribution in [3.8, 4) is 0 Å². The Labute approximate surface area is 89.1 Å². The minimum atomic E-state index is 0.603. The third kappa shape index (κ3) is 2.05. The van der Waals surface area contributed by atoms with Gasteiger partial charge in [0, 0.05) is 17.6 Å². The third-order valence-corrected chi connectivity index (χ3v) is 3.81. The summed E-state index contributed by atoms with van der Waals surface area (Å²) in [6.07, 6.45) is 5.88. The molecule has 1 N–H and O–H groups in total. The summed E-state index contributed by atoms with van der Waals surface area (Å²) in [5.74, 6) is 1.53. The smallest absolute Gasteiger partial charge is 0.130 e. The summed E-state index contributed by atoms with van der Waals surface area (Å²) in [6.45, 7) is 4.67. The van der Waals surface area contributed by atoms with Gasteiger partial charge in [-0.05, 0) is 24.7 Å². The number of rotatable bonds is 2. The Morgan fingerprint density at radius 2 is 2.07 bits per heavy atom. The van der Waals surface area contributed by atoms with E-state index < -0.39 is 0 Å². The first-order valence-electron chi connectivity index (χ1n) is 5.31. The SMILES string of the molecule is CC1CCCC(C)C1Nc1cnns1. The van der Waals surface area contributed by atoms with Crippen molar-refractivity contribution >= 4 is 16.5 Å². The second kappa shape index (κ2) is 4.26. The summed E-state index contributed by atoms with van der Waals surface area (Å²) in [7, 11) is 0.